The molecule has 1 aliphatic heterocycles. The van der Waals surface area contributed by atoms with E-state index in [1.165, 1.54) is 38.5 Å². The summed E-state index contributed by atoms with van der Waals surface area (Å²) in [6.07, 6.45) is 11.5. The van der Waals surface area contributed by atoms with Gasteiger partial charge in [0.05, 0.1) is 0 Å². The van der Waals surface area contributed by atoms with Crippen molar-refractivity contribution < 1.29 is 4.79 Å². The number of hydrogen-bond donors (Lipinski definition) is 1. The van der Waals surface area contributed by atoms with Gasteiger partial charge in [-0.25, -0.2) is 0 Å². The molecule has 2 rings (SSSR count). The molecule has 0 aromatic carbocycles. The van der Waals surface area contributed by atoms with E-state index in [0.29, 0.717) is 18.2 Å². The molecule has 1 heterocycles. The van der Waals surface area contributed by atoms with Crippen molar-refractivity contribution in [1.29, 1.82) is 0 Å². The van der Waals surface area contributed by atoms with Crippen molar-refractivity contribution in [2.75, 3.05) is 26.2 Å². The maximum Gasteiger partial charge on any atom is 0.222 e. The van der Waals surface area contributed by atoms with Crippen LogP contribution in [0.1, 0.15) is 51.4 Å². The van der Waals surface area contributed by atoms with E-state index in [0.717, 1.165) is 38.5 Å². The summed E-state index contributed by atoms with van der Waals surface area (Å²) in [7, 11) is 0. The fourth-order valence-corrected chi connectivity index (χ4v) is 3.56. The smallest absolute Gasteiger partial charge is 0.222 e. The van der Waals surface area contributed by atoms with Crippen LogP contribution in [0.15, 0.2) is 12.7 Å². The van der Waals surface area contributed by atoms with Gasteiger partial charge in [-0.15, -0.1) is 6.58 Å². The molecule has 0 aromatic heterocycles. The molecule has 1 aliphatic carbocycles. The van der Waals surface area contributed by atoms with Gasteiger partial charge in [0, 0.05) is 19.5 Å². The molecule has 2 fully saturated rings. The molecule has 1 unspecified atom stereocenters. The molecule has 2 aliphatic rings. The first-order valence-corrected chi connectivity index (χ1v) is 8.39. The van der Waals surface area contributed by atoms with Gasteiger partial charge in [-0.05, 0) is 50.6 Å². The molecular weight excluding hydrogens is 248 g/mol. The summed E-state index contributed by atoms with van der Waals surface area (Å²) >= 11 is 0. The van der Waals surface area contributed by atoms with E-state index in [-0.39, 0.29) is 0 Å². The van der Waals surface area contributed by atoms with E-state index in [9.17, 15) is 4.79 Å². The van der Waals surface area contributed by atoms with Crippen LogP contribution in [0, 0.1) is 11.8 Å². The summed E-state index contributed by atoms with van der Waals surface area (Å²) in [5, 5.41) is 3.38. The molecule has 1 saturated heterocycles. The Morgan fingerprint density at radius 1 is 1.20 bits per heavy atom. The highest BCUT2D eigenvalue weighted by Crippen LogP contribution is 2.25. The van der Waals surface area contributed by atoms with Gasteiger partial charge in [-0.3, -0.25) is 4.79 Å². The molecule has 0 spiro atoms. The average molecular weight is 278 g/mol. The lowest BCUT2D eigenvalue weighted by Gasteiger charge is -2.29. The van der Waals surface area contributed by atoms with E-state index >= 15 is 0 Å². The van der Waals surface area contributed by atoms with Gasteiger partial charge in [0.2, 0.25) is 5.91 Å². The Kier molecular flexibility index (Phi) is 6.58. The summed E-state index contributed by atoms with van der Waals surface area (Å²) < 4.78 is 0. The van der Waals surface area contributed by atoms with Crippen molar-refractivity contribution in [3.8, 4) is 0 Å². The van der Waals surface area contributed by atoms with E-state index in [2.05, 4.69) is 11.9 Å². The molecule has 0 bridgehead atoms. The largest absolute Gasteiger partial charge is 0.339 e. The third-order valence-corrected chi connectivity index (χ3v) is 4.83. The predicted molar refractivity (Wildman–Crippen MR) is 83.6 cm³/mol. The van der Waals surface area contributed by atoms with E-state index in [4.69, 9.17) is 0 Å². The fourth-order valence-electron chi connectivity index (χ4n) is 3.56. The number of hydrogen-bond acceptors (Lipinski definition) is 2. The molecule has 1 atom stereocenters. The first-order chi connectivity index (χ1) is 9.79. The molecular formula is C17H30N2O. The lowest BCUT2D eigenvalue weighted by Crippen LogP contribution is -2.36. The quantitative estimate of drug-likeness (QED) is 0.726. The Bertz CT molecular complexity index is 304. The number of rotatable bonds is 7. The highest BCUT2D eigenvalue weighted by molar-refractivity contribution is 5.76. The van der Waals surface area contributed by atoms with Crippen LogP contribution in [0.4, 0.5) is 0 Å². The summed E-state index contributed by atoms with van der Waals surface area (Å²) in [4.78, 5) is 14.5. The average Bonchev–Trinajstić information content (AvgIpc) is 2.99. The predicted octanol–water partition coefficient (Wildman–Crippen LogP) is 2.97. The monoisotopic (exact) mass is 278 g/mol. The normalized spacial score (nSPS) is 23.7. The first-order valence-electron chi connectivity index (χ1n) is 8.39. The SMILES string of the molecule is C=CCN(CC1CCCCC1)C(=O)CCC1CCNC1. The fraction of sp³-hybridized carbons (Fsp3) is 0.824. The molecule has 20 heavy (non-hydrogen) atoms. The molecule has 1 amide bonds. The first kappa shape index (κ1) is 15.6. The molecule has 0 aromatic rings. The maximum absolute atomic E-state index is 12.4. The van der Waals surface area contributed by atoms with Crippen LogP contribution in [0.2, 0.25) is 0 Å². The number of carbonyl (C=O) groups is 1. The van der Waals surface area contributed by atoms with E-state index < -0.39 is 0 Å². The Morgan fingerprint density at radius 3 is 2.65 bits per heavy atom. The van der Waals surface area contributed by atoms with Gasteiger partial charge in [0.15, 0.2) is 0 Å². The molecule has 0 radical (unpaired) electrons. The van der Waals surface area contributed by atoms with Gasteiger partial charge in [-0.2, -0.15) is 0 Å². The summed E-state index contributed by atoms with van der Waals surface area (Å²) in [5.74, 6) is 1.77. The lowest BCUT2D eigenvalue weighted by molar-refractivity contribution is -0.131. The zero-order valence-corrected chi connectivity index (χ0v) is 12.8. The summed E-state index contributed by atoms with van der Waals surface area (Å²) in [6, 6.07) is 0. The lowest BCUT2D eigenvalue weighted by atomic mass is 9.89. The third-order valence-electron chi connectivity index (χ3n) is 4.83. The van der Waals surface area contributed by atoms with Crippen molar-refractivity contribution in [3.63, 3.8) is 0 Å². The maximum atomic E-state index is 12.4. The molecule has 114 valence electrons. The minimum absolute atomic E-state index is 0.336. The van der Waals surface area contributed by atoms with Gasteiger partial charge < -0.3 is 10.2 Å². The van der Waals surface area contributed by atoms with Crippen molar-refractivity contribution >= 4 is 5.91 Å². The van der Waals surface area contributed by atoms with Crippen molar-refractivity contribution in [2.24, 2.45) is 11.8 Å². The third kappa shape index (κ3) is 4.93. The minimum Gasteiger partial charge on any atom is -0.339 e. The Morgan fingerprint density at radius 2 is 2.00 bits per heavy atom. The summed E-state index contributed by atoms with van der Waals surface area (Å²) in [6.45, 7) is 7.70. The van der Waals surface area contributed by atoms with Crippen LogP contribution >= 0.6 is 0 Å². The topological polar surface area (TPSA) is 32.3 Å². The van der Waals surface area contributed by atoms with Crippen molar-refractivity contribution in [1.82, 2.24) is 10.2 Å². The van der Waals surface area contributed by atoms with Crippen molar-refractivity contribution in [2.45, 2.75) is 51.4 Å². The second kappa shape index (κ2) is 8.46. The molecule has 1 N–H and O–H groups in total. The van der Waals surface area contributed by atoms with Gasteiger partial charge in [0.25, 0.3) is 0 Å². The van der Waals surface area contributed by atoms with E-state index in [1.54, 1.807) is 0 Å². The molecule has 3 heteroatoms. The van der Waals surface area contributed by atoms with Gasteiger partial charge >= 0.3 is 0 Å². The van der Waals surface area contributed by atoms with Crippen LogP contribution < -0.4 is 5.32 Å². The number of nitrogens with one attached hydrogen (secondary N) is 1. The number of carbonyl (C=O) groups excluding carboxylic acids is 1. The zero-order valence-electron chi connectivity index (χ0n) is 12.8. The number of nitrogens with zero attached hydrogens (tertiary/aromatic N) is 1. The van der Waals surface area contributed by atoms with Crippen molar-refractivity contribution in [3.05, 3.63) is 12.7 Å². The Balaban J connectivity index is 1.76. The van der Waals surface area contributed by atoms with Crippen LogP contribution in [0.3, 0.4) is 0 Å². The van der Waals surface area contributed by atoms with Crippen LogP contribution in [-0.4, -0.2) is 37.0 Å². The van der Waals surface area contributed by atoms with Crippen LogP contribution in [0.5, 0.6) is 0 Å². The number of amides is 1. The standard InChI is InChI=1S/C17H30N2O/c1-2-12-19(14-16-6-4-3-5-7-16)17(20)9-8-15-10-11-18-13-15/h2,15-16,18H,1,3-14H2. The van der Waals surface area contributed by atoms with Crippen LogP contribution in [0.25, 0.3) is 0 Å². The molecule has 1 saturated carbocycles. The Labute approximate surface area is 123 Å². The minimum atomic E-state index is 0.336. The highest BCUT2D eigenvalue weighted by atomic mass is 16.2. The second-order valence-electron chi connectivity index (χ2n) is 6.49. The van der Waals surface area contributed by atoms with Crippen LogP contribution in [-0.2, 0) is 4.79 Å². The molecule has 3 nitrogen and oxygen atoms in total. The second-order valence-corrected chi connectivity index (χ2v) is 6.49. The van der Waals surface area contributed by atoms with Gasteiger partial charge in [0.1, 0.15) is 0 Å². The highest BCUT2D eigenvalue weighted by Gasteiger charge is 2.21. The Hall–Kier alpha value is -0.830. The van der Waals surface area contributed by atoms with Gasteiger partial charge in [-0.1, -0.05) is 25.3 Å². The van der Waals surface area contributed by atoms with E-state index in [1.807, 2.05) is 11.0 Å². The zero-order chi connectivity index (χ0) is 14.2. The summed E-state index contributed by atoms with van der Waals surface area (Å²) in [5.41, 5.74) is 0.